The van der Waals surface area contributed by atoms with Crippen molar-refractivity contribution in [2.75, 3.05) is 4.90 Å². The fourth-order valence-corrected chi connectivity index (χ4v) is 2.09. The summed E-state index contributed by atoms with van der Waals surface area (Å²) in [7, 11) is 0. The maximum atomic E-state index is 12.3. The largest absolute Gasteiger partial charge is 0.481 e. The van der Waals surface area contributed by atoms with Crippen molar-refractivity contribution in [3.63, 3.8) is 0 Å². The first kappa shape index (κ1) is 15.2. The number of hydrogen-bond acceptors (Lipinski definition) is 2. The summed E-state index contributed by atoms with van der Waals surface area (Å²) in [5, 5.41) is 8.74. The van der Waals surface area contributed by atoms with Gasteiger partial charge < -0.3 is 10.0 Å². The van der Waals surface area contributed by atoms with E-state index in [-0.39, 0.29) is 30.7 Å². The van der Waals surface area contributed by atoms with Crippen molar-refractivity contribution in [3.8, 4) is 0 Å². The van der Waals surface area contributed by atoms with Gasteiger partial charge in [0.15, 0.2) is 0 Å². The highest BCUT2D eigenvalue weighted by atomic mass is 16.4. The Kier molecular flexibility index (Phi) is 5.55. The van der Waals surface area contributed by atoms with Gasteiger partial charge in [0, 0.05) is 24.6 Å². The molecule has 0 aromatic heterocycles. The Bertz CT molecular complexity index is 428. The molecule has 0 bridgehead atoms. The zero-order valence-electron chi connectivity index (χ0n) is 11.7. The van der Waals surface area contributed by atoms with Gasteiger partial charge in [-0.15, -0.1) is 0 Å². The molecule has 0 heterocycles. The number of carboxylic acids is 1. The molecule has 0 spiro atoms. The van der Waals surface area contributed by atoms with Gasteiger partial charge in [-0.1, -0.05) is 25.1 Å². The van der Waals surface area contributed by atoms with Crippen LogP contribution in [0, 0.1) is 5.92 Å². The Balaban J connectivity index is 2.78. The highest BCUT2D eigenvalue weighted by Crippen LogP contribution is 2.20. The molecule has 0 saturated heterocycles. The van der Waals surface area contributed by atoms with E-state index < -0.39 is 5.97 Å². The number of rotatable bonds is 6. The second-order valence-electron chi connectivity index (χ2n) is 5.10. The standard InChI is InChI=1S/C15H21NO3/c1-11(2)16(13-7-5-4-6-8-13)14(17)9-12(3)10-15(18)19/h4-8,11-12H,9-10H2,1-3H3,(H,18,19). The number of hydrogen-bond donors (Lipinski definition) is 1. The Morgan fingerprint density at radius 3 is 2.16 bits per heavy atom. The lowest BCUT2D eigenvalue weighted by Crippen LogP contribution is -2.37. The number of anilines is 1. The molecule has 0 aliphatic rings. The molecule has 0 aliphatic carbocycles. The van der Waals surface area contributed by atoms with Crippen molar-refractivity contribution in [2.45, 2.75) is 39.7 Å². The Hall–Kier alpha value is -1.84. The zero-order chi connectivity index (χ0) is 14.4. The zero-order valence-corrected chi connectivity index (χ0v) is 11.7. The minimum atomic E-state index is -0.865. The van der Waals surface area contributed by atoms with Crippen LogP contribution in [0.3, 0.4) is 0 Å². The Morgan fingerprint density at radius 1 is 1.11 bits per heavy atom. The van der Waals surface area contributed by atoms with Gasteiger partial charge in [0.25, 0.3) is 0 Å². The van der Waals surface area contributed by atoms with Crippen molar-refractivity contribution in [2.24, 2.45) is 5.92 Å². The lowest BCUT2D eigenvalue weighted by atomic mass is 10.0. The van der Waals surface area contributed by atoms with Crippen molar-refractivity contribution >= 4 is 17.6 Å². The lowest BCUT2D eigenvalue weighted by molar-refractivity contribution is -0.138. The number of para-hydroxylation sites is 1. The molecule has 0 saturated carbocycles. The first-order valence-electron chi connectivity index (χ1n) is 6.50. The van der Waals surface area contributed by atoms with E-state index in [0.29, 0.717) is 0 Å². The third kappa shape index (κ3) is 4.73. The molecule has 0 aliphatic heterocycles. The summed E-state index contributed by atoms with van der Waals surface area (Å²) in [6, 6.07) is 9.50. The van der Waals surface area contributed by atoms with E-state index in [0.717, 1.165) is 5.69 Å². The smallest absolute Gasteiger partial charge is 0.303 e. The van der Waals surface area contributed by atoms with Gasteiger partial charge >= 0.3 is 5.97 Å². The first-order valence-corrected chi connectivity index (χ1v) is 6.50. The van der Waals surface area contributed by atoms with Gasteiger partial charge in [0.1, 0.15) is 0 Å². The number of amides is 1. The number of carbonyl (C=O) groups is 2. The number of aliphatic carboxylic acids is 1. The van der Waals surface area contributed by atoms with E-state index in [1.807, 2.05) is 44.2 Å². The molecule has 4 nitrogen and oxygen atoms in total. The van der Waals surface area contributed by atoms with Gasteiger partial charge in [-0.05, 0) is 31.9 Å². The van der Waals surface area contributed by atoms with Crippen molar-refractivity contribution in [1.29, 1.82) is 0 Å². The Labute approximate surface area is 114 Å². The minimum absolute atomic E-state index is 0.0203. The quantitative estimate of drug-likeness (QED) is 0.858. The van der Waals surface area contributed by atoms with Crippen LogP contribution in [0.25, 0.3) is 0 Å². The second-order valence-corrected chi connectivity index (χ2v) is 5.10. The average Bonchev–Trinajstić information content (AvgIpc) is 2.28. The molecular formula is C15H21NO3. The van der Waals surface area contributed by atoms with Crippen LogP contribution in [-0.2, 0) is 9.59 Å². The van der Waals surface area contributed by atoms with E-state index in [2.05, 4.69) is 0 Å². The van der Waals surface area contributed by atoms with Crippen LogP contribution in [-0.4, -0.2) is 23.0 Å². The van der Waals surface area contributed by atoms with Gasteiger partial charge in [-0.25, -0.2) is 0 Å². The molecule has 4 heteroatoms. The maximum absolute atomic E-state index is 12.3. The van der Waals surface area contributed by atoms with Gasteiger partial charge in [0.05, 0.1) is 0 Å². The topological polar surface area (TPSA) is 57.6 Å². The second kappa shape index (κ2) is 6.92. The predicted molar refractivity (Wildman–Crippen MR) is 75.1 cm³/mol. The van der Waals surface area contributed by atoms with Crippen LogP contribution < -0.4 is 4.90 Å². The number of carboxylic acid groups (broad SMARTS) is 1. The normalized spacial score (nSPS) is 12.2. The predicted octanol–water partition coefficient (Wildman–Crippen LogP) is 2.93. The monoisotopic (exact) mass is 263 g/mol. The molecule has 1 aromatic rings. The van der Waals surface area contributed by atoms with Gasteiger partial charge in [0.2, 0.25) is 5.91 Å². The van der Waals surface area contributed by atoms with E-state index in [4.69, 9.17) is 5.11 Å². The minimum Gasteiger partial charge on any atom is -0.481 e. The van der Waals surface area contributed by atoms with Gasteiger partial charge in [-0.2, -0.15) is 0 Å². The summed E-state index contributed by atoms with van der Waals surface area (Å²) < 4.78 is 0. The third-order valence-electron chi connectivity index (χ3n) is 2.87. The molecule has 0 fully saturated rings. The fourth-order valence-electron chi connectivity index (χ4n) is 2.09. The van der Waals surface area contributed by atoms with Crippen molar-refractivity contribution < 1.29 is 14.7 Å². The molecular weight excluding hydrogens is 242 g/mol. The number of nitrogens with zero attached hydrogens (tertiary/aromatic N) is 1. The van der Waals surface area contributed by atoms with Gasteiger partial charge in [-0.3, -0.25) is 9.59 Å². The molecule has 104 valence electrons. The summed E-state index contributed by atoms with van der Waals surface area (Å²) >= 11 is 0. The number of carbonyl (C=O) groups excluding carboxylic acids is 1. The summed E-state index contributed by atoms with van der Waals surface area (Å²) in [5.41, 5.74) is 0.852. The molecule has 1 aromatic carbocycles. The first-order chi connectivity index (χ1) is 8.91. The van der Waals surface area contributed by atoms with E-state index >= 15 is 0 Å². The van der Waals surface area contributed by atoms with E-state index in [1.165, 1.54) is 0 Å². The molecule has 1 amide bonds. The highest BCUT2D eigenvalue weighted by Gasteiger charge is 2.21. The summed E-state index contributed by atoms with van der Waals surface area (Å²) in [5.74, 6) is -1.05. The third-order valence-corrected chi connectivity index (χ3v) is 2.87. The van der Waals surface area contributed by atoms with Crippen LogP contribution in [0.15, 0.2) is 30.3 Å². The van der Waals surface area contributed by atoms with Crippen molar-refractivity contribution in [1.82, 2.24) is 0 Å². The van der Waals surface area contributed by atoms with E-state index in [9.17, 15) is 9.59 Å². The van der Waals surface area contributed by atoms with Crippen LogP contribution in [0.1, 0.15) is 33.6 Å². The molecule has 19 heavy (non-hydrogen) atoms. The van der Waals surface area contributed by atoms with Crippen molar-refractivity contribution in [3.05, 3.63) is 30.3 Å². The van der Waals surface area contributed by atoms with Crippen LogP contribution in [0.4, 0.5) is 5.69 Å². The number of benzene rings is 1. The summed E-state index contributed by atoms with van der Waals surface area (Å²) in [6.45, 7) is 5.69. The molecule has 0 radical (unpaired) electrons. The van der Waals surface area contributed by atoms with E-state index in [1.54, 1.807) is 11.8 Å². The maximum Gasteiger partial charge on any atom is 0.303 e. The fraction of sp³-hybridized carbons (Fsp3) is 0.467. The van der Waals surface area contributed by atoms with Crippen LogP contribution >= 0.6 is 0 Å². The molecule has 1 rings (SSSR count). The van der Waals surface area contributed by atoms with Crippen LogP contribution in [0.5, 0.6) is 0 Å². The molecule has 1 unspecified atom stereocenters. The lowest BCUT2D eigenvalue weighted by Gasteiger charge is -2.28. The average molecular weight is 263 g/mol. The molecule has 1 atom stereocenters. The summed E-state index contributed by atoms with van der Waals surface area (Å²) in [4.78, 5) is 24.7. The SMILES string of the molecule is CC(CC(=O)O)CC(=O)N(c1ccccc1)C(C)C. The highest BCUT2D eigenvalue weighted by molar-refractivity contribution is 5.94. The molecule has 1 N–H and O–H groups in total. The summed E-state index contributed by atoms with van der Waals surface area (Å²) in [6.07, 6.45) is 0.270. The Morgan fingerprint density at radius 2 is 1.68 bits per heavy atom. The van der Waals surface area contributed by atoms with Crippen LogP contribution in [0.2, 0.25) is 0 Å².